The molecule has 0 radical (unpaired) electrons. The molecule has 2 rings (SSSR count). The number of halogens is 1. The number of carbonyl (C=O) groups is 3. The molecular weight excluding hydrogens is 446 g/mol. The number of carboxylic acids is 1. The number of rotatable bonds is 6. The van der Waals surface area contributed by atoms with Crippen LogP contribution in [0.4, 0.5) is 4.79 Å². The molecule has 3 unspecified atom stereocenters. The zero-order valence-corrected chi connectivity index (χ0v) is 18.4. The molecule has 2 heterocycles. The first-order valence-electron chi connectivity index (χ1n) is 9.16. The van der Waals surface area contributed by atoms with E-state index >= 15 is 0 Å². The van der Waals surface area contributed by atoms with Crippen LogP contribution in [-0.4, -0.2) is 65.3 Å². The second kappa shape index (κ2) is 9.43. The highest BCUT2D eigenvalue weighted by Crippen LogP contribution is 2.29. The number of ether oxygens (including phenoxy) is 2. The Morgan fingerprint density at radius 2 is 2.07 bits per heavy atom. The van der Waals surface area contributed by atoms with Gasteiger partial charge in [0.05, 0.1) is 13.7 Å². The molecule has 1 aliphatic heterocycles. The number of hydrogen-bond donors (Lipinski definition) is 2. The van der Waals surface area contributed by atoms with Crippen LogP contribution in [0.15, 0.2) is 22.8 Å². The predicted molar refractivity (Wildman–Crippen MR) is 107 cm³/mol. The van der Waals surface area contributed by atoms with Crippen LogP contribution in [0.1, 0.15) is 27.2 Å². The molecule has 1 fully saturated rings. The molecule has 1 aliphatic rings. The maximum atomic E-state index is 13.2. The first-order valence-corrected chi connectivity index (χ1v) is 9.95. The number of nitrogens with one attached hydrogen (secondary N) is 1. The fourth-order valence-electron chi connectivity index (χ4n) is 3.19. The second-order valence-corrected chi connectivity index (χ2v) is 8.80. The van der Waals surface area contributed by atoms with Crippen LogP contribution in [0.25, 0.3) is 0 Å². The zero-order chi connectivity index (χ0) is 21.8. The molecule has 0 aliphatic carbocycles. The molecule has 10 heteroatoms. The van der Waals surface area contributed by atoms with Crippen molar-refractivity contribution in [2.45, 2.75) is 39.3 Å². The van der Waals surface area contributed by atoms with Crippen LogP contribution in [-0.2, 0) is 14.3 Å². The lowest BCUT2D eigenvalue weighted by Crippen LogP contribution is -2.56. The fraction of sp³-hybridized carbons (Fsp3) is 0.579. The van der Waals surface area contributed by atoms with Crippen molar-refractivity contribution in [3.63, 3.8) is 0 Å². The van der Waals surface area contributed by atoms with E-state index in [1.165, 1.54) is 12.0 Å². The lowest BCUT2D eigenvalue weighted by molar-refractivity contribution is -0.150. The minimum atomic E-state index is -1.09. The number of amides is 2. The van der Waals surface area contributed by atoms with Crippen LogP contribution in [0, 0.1) is 11.3 Å². The van der Waals surface area contributed by atoms with Gasteiger partial charge >= 0.3 is 12.1 Å². The van der Waals surface area contributed by atoms with E-state index in [0.29, 0.717) is 10.5 Å². The van der Waals surface area contributed by atoms with Crippen LogP contribution >= 0.6 is 15.9 Å². The molecule has 0 saturated carbocycles. The van der Waals surface area contributed by atoms with Gasteiger partial charge in [0, 0.05) is 18.5 Å². The van der Waals surface area contributed by atoms with Crippen molar-refractivity contribution in [1.29, 1.82) is 0 Å². The monoisotopic (exact) mass is 471 g/mol. The minimum Gasteiger partial charge on any atom is -0.480 e. The van der Waals surface area contributed by atoms with Gasteiger partial charge in [0.1, 0.15) is 16.7 Å². The number of pyridine rings is 1. The number of aromatic nitrogens is 1. The van der Waals surface area contributed by atoms with Gasteiger partial charge in [0.2, 0.25) is 11.8 Å². The highest BCUT2D eigenvalue weighted by atomic mass is 79.9. The number of methoxy groups -OCH3 is 1. The molecule has 1 saturated heterocycles. The Labute approximate surface area is 177 Å². The number of alkyl carbamates (subject to hydrolysis) is 1. The summed E-state index contributed by atoms with van der Waals surface area (Å²) >= 11 is 3.27. The Bertz CT molecular complexity index is 767. The molecule has 1 aromatic heterocycles. The van der Waals surface area contributed by atoms with Crippen molar-refractivity contribution in [2.75, 3.05) is 20.3 Å². The number of likely N-dealkylation sites (tertiary alicyclic amines) is 1. The Balaban J connectivity index is 2.13. The van der Waals surface area contributed by atoms with Gasteiger partial charge in [0.15, 0.2) is 0 Å². The molecule has 1 aromatic rings. The van der Waals surface area contributed by atoms with Crippen LogP contribution in [0.2, 0.25) is 0 Å². The van der Waals surface area contributed by atoms with Gasteiger partial charge in [-0.15, -0.1) is 0 Å². The van der Waals surface area contributed by atoms with Crippen molar-refractivity contribution in [1.82, 2.24) is 15.2 Å². The standard InChI is InChI=1S/C19H26BrN3O6/c1-19(2,3)15(22-18(27)28-4)16(24)23-9-11(8-12(23)17(25)26)10-29-14-7-5-6-13(20)21-14/h5-7,11-12,15H,8-10H2,1-4H3,(H,22,27)(H,25,26). The molecule has 160 valence electrons. The highest BCUT2D eigenvalue weighted by molar-refractivity contribution is 9.10. The summed E-state index contributed by atoms with van der Waals surface area (Å²) < 4.78 is 10.9. The molecule has 9 nitrogen and oxygen atoms in total. The van der Waals surface area contributed by atoms with E-state index < -0.39 is 35.5 Å². The van der Waals surface area contributed by atoms with Crippen molar-refractivity contribution < 1.29 is 29.0 Å². The van der Waals surface area contributed by atoms with E-state index in [9.17, 15) is 19.5 Å². The van der Waals surface area contributed by atoms with E-state index in [-0.39, 0.29) is 25.5 Å². The number of nitrogens with zero attached hydrogens (tertiary/aromatic N) is 2. The Morgan fingerprint density at radius 3 is 2.62 bits per heavy atom. The molecule has 2 N–H and O–H groups in total. The molecule has 2 amide bonds. The van der Waals surface area contributed by atoms with Crippen molar-refractivity contribution in [2.24, 2.45) is 11.3 Å². The van der Waals surface area contributed by atoms with Gasteiger partial charge in [-0.05, 0) is 33.8 Å². The smallest absolute Gasteiger partial charge is 0.407 e. The quantitative estimate of drug-likeness (QED) is 0.610. The summed E-state index contributed by atoms with van der Waals surface area (Å²) in [5.74, 6) is -1.32. The van der Waals surface area contributed by atoms with E-state index in [0.717, 1.165) is 0 Å². The number of aliphatic carboxylic acids is 1. The van der Waals surface area contributed by atoms with Crippen molar-refractivity contribution in [3.8, 4) is 5.88 Å². The average Bonchev–Trinajstić information content (AvgIpc) is 3.07. The predicted octanol–water partition coefficient (Wildman–Crippen LogP) is 2.30. The maximum Gasteiger partial charge on any atom is 0.407 e. The molecule has 0 aromatic carbocycles. The van der Waals surface area contributed by atoms with Crippen LogP contribution < -0.4 is 10.1 Å². The largest absolute Gasteiger partial charge is 0.480 e. The van der Waals surface area contributed by atoms with Crippen molar-refractivity contribution >= 4 is 33.9 Å². The van der Waals surface area contributed by atoms with Crippen molar-refractivity contribution in [3.05, 3.63) is 22.8 Å². The number of carboxylic acid groups (broad SMARTS) is 1. The third-order valence-corrected chi connectivity index (χ3v) is 5.11. The molecule has 3 atom stereocenters. The molecular formula is C19H26BrN3O6. The van der Waals surface area contributed by atoms with Crippen LogP contribution in [0.3, 0.4) is 0 Å². The molecule has 0 bridgehead atoms. The average molecular weight is 472 g/mol. The number of hydrogen-bond acceptors (Lipinski definition) is 6. The SMILES string of the molecule is COC(=O)NC(C(=O)N1CC(COc2cccc(Br)n2)CC1C(=O)O)C(C)(C)C. The third-order valence-electron chi connectivity index (χ3n) is 4.67. The van der Waals surface area contributed by atoms with Crippen LogP contribution in [0.5, 0.6) is 5.88 Å². The molecule has 29 heavy (non-hydrogen) atoms. The normalized spacial score (nSPS) is 20.1. The van der Waals surface area contributed by atoms with Gasteiger partial charge < -0.3 is 24.8 Å². The van der Waals surface area contributed by atoms with E-state index in [4.69, 9.17) is 4.74 Å². The van der Waals surface area contributed by atoms with Gasteiger partial charge in [-0.25, -0.2) is 14.6 Å². The van der Waals surface area contributed by atoms with E-state index in [1.54, 1.807) is 39.0 Å². The number of carbonyl (C=O) groups excluding carboxylic acids is 2. The summed E-state index contributed by atoms with van der Waals surface area (Å²) in [6, 6.07) is 3.33. The first kappa shape index (κ1) is 22.9. The van der Waals surface area contributed by atoms with E-state index in [1.807, 2.05) is 0 Å². The summed E-state index contributed by atoms with van der Waals surface area (Å²) in [5.41, 5.74) is -0.636. The molecule has 0 spiro atoms. The summed E-state index contributed by atoms with van der Waals surface area (Å²) in [7, 11) is 1.21. The summed E-state index contributed by atoms with van der Waals surface area (Å²) in [4.78, 5) is 42.1. The topological polar surface area (TPSA) is 118 Å². The lowest BCUT2D eigenvalue weighted by Gasteiger charge is -2.34. The fourth-order valence-corrected chi connectivity index (χ4v) is 3.51. The van der Waals surface area contributed by atoms with Gasteiger partial charge in [-0.1, -0.05) is 26.8 Å². The lowest BCUT2D eigenvalue weighted by atomic mass is 9.85. The van der Waals surface area contributed by atoms with Gasteiger partial charge in [-0.3, -0.25) is 4.79 Å². The summed E-state index contributed by atoms with van der Waals surface area (Å²) in [6.07, 6.45) is -0.491. The Kier molecular flexibility index (Phi) is 7.45. The summed E-state index contributed by atoms with van der Waals surface area (Å²) in [6.45, 7) is 5.80. The minimum absolute atomic E-state index is 0.181. The Hall–Kier alpha value is -2.36. The van der Waals surface area contributed by atoms with E-state index in [2.05, 4.69) is 31.0 Å². The highest BCUT2D eigenvalue weighted by Gasteiger charge is 2.45. The third kappa shape index (κ3) is 6.06. The second-order valence-electron chi connectivity index (χ2n) is 7.99. The van der Waals surface area contributed by atoms with Gasteiger partial charge in [-0.2, -0.15) is 0 Å². The zero-order valence-electron chi connectivity index (χ0n) is 16.8. The first-order chi connectivity index (χ1) is 13.5. The summed E-state index contributed by atoms with van der Waals surface area (Å²) in [5, 5.41) is 12.1. The Morgan fingerprint density at radius 1 is 1.38 bits per heavy atom. The van der Waals surface area contributed by atoms with Gasteiger partial charge in [0.25, 0.3) is 0 Å². The maximum absolute atomic E-state index is 13.2.